The zero-order valence-corrected chi connectivity index (χ0v) is 13.5. The number of benzene rings is 1. The smallest absolute Gasteiger partial charge is 0.124 e. The molecule has 4 atom stereocenters. The van der Waals surface area contributed by atoms with Crippen LogP contribution in [0.2, 0.25) is 0 Å². The predicted octanol–water partition coefficient (Wildman–Crippen LogP) is 4.35. The summed E-state index contributed by atoms with van der Waals surface area (Å²) >= 11 is 0. The summed E-state index contributed by atoms with van der Waals surface area (Å²) in [6.07, 6.45) is 6.43. The molecule has 1 saturated carbocycles. The normalized spacial score (nSPS) is 25.5. The van der Waals surface area contributed by atoms with Gasteiger partial charge in [-0.25, -0.2) is 0 Å². The Morgan fingerprint density at radius 1 is 1.29 bits per heavy atom. The lowest BCUT2D eigenvalue weighted by Crippen LogP contribution is -2.39. The van der Waals surface area contributed by atoms with E-state index in [4.69, 9.17) is 0 Å². The summed E-state index contributed by atoms with van der Waals surface area (Å²) in [6.45, 7) is 6.68. The Morgan fingerprint density at radius 2 is 2.05 bits per heavy atom. The molecule has 3 heteroatoms. The van der Waals surface area contributed by atoms with Crippen LogP contribution in [-0.2, 0) is 0 Å². The minimum absolute atomic E-state index is 0.0905. The highest BCUT2D eigenvalue weighted by molar-refractivity contribution is 5.40. The predicted molar refractivity (Wildman–Crippen MR) is 86.5 cm³/mol. The maximum atomic E-state index is 10.00. The monoisotopic (exact) mass is 291 g/mol. The molecule has 1 aromatic rings. The average Bonchev–Trinajstić information content (AvgIpc) is 2.44. The average molecular weight is 291 g/mol. The SMILES string of the molecule is CCC(NC(C)c1ccc(O)cc1O)C1CCCC(C)C1. The maximum absolute atomic E-state index is 10.00. The fourth-order valence-corrected chi connectivity index (χ4v) is 3.74. The van der Waals surface area contributed by atoms with E-state index in [1.165, 1.54) is 31.7 Å². The molecule has 1 aliphatic rings. The van der Waals surface area contributed by atoms with E-state index in [2.05, 4.69) is 26.1 Å². The van der Waals surface area contributed by atoms with Gasteiger partial charge >= 0.3 is 0 Å². The van der Waals surface area contributed by atoms with E-state index < -0.39 is 0 Å². The summed E-state index contributed by atoms with van der Waals surface area (Å²) in [7, 11) is 0. The molecule has 0 saturated heterocycles. The van der Waals surface area contributed by atoms with Crippen LogP contribution in [0.4, 0.5) is 0 Å². The molecule has 2 rings (SSSR count). The molecule has 0 amide bonds. The third kappa shape index (κ3) is 4.13. The van der Waals surface area contributed by atoms with Crippen molar-refractivity contribution in [1.82, 2.24) is 5.32 Å². The maximum Gasteiger partial charge on any atom is 0.124 e. The summed E-state index contributed by atoms with van der Waals surface area (Å²) in [4.78, 5) is 0. The fraction of sp³-hybridized carbons (Fsp3) is 0.667. The molecule has 118 valence electrons. The highest BCUT2D eigenvalue weighted by Crippen LogP contribution is 2.34. The summed E-state index contributed by atoms with van der Waals surface area (Å²) in [5, 5.41) is 23.1. The van der Waals surface area contributed by atoms with Crippen LogP contribution in [0.15, 0.2) is 18.2 Å². The number of hydrogen-bond acceptors (Lipinski definition) is 3. The molecule has 4 unspecified atom stereocenters. The number of hydrogen-bond donors (Lipinski definition) is 3. The molecule has 0 aliphatic heterocycles. The number of aromatic hydroxyl groups is 2. The molecule has 0 spiro atoms. The van der Waals surface area contributed by atoms with Gasteiger partial charge in [0.15, 0.2) is 0 Å². The third-order valence-corrected chi connectivity index (χ3v) is 4.93. The van der Waals surface area contributed by atoms with Crippen LogP contribution in [0.1, 0.15) is 64.5 Å². The van der Waals surface area contributed by atoms with Crippen molar-refractivity contribution in [3.05, 3.63) is 23.8 Å². The largest absolute Gasteiger partial charge is 0.508 e. The molecular formula is C18H29NO2. The Morgan fingerprint density at radius 3 is 2.67 bits per heavy atom. The van der Waals surface area contributed by atoms with Crippen molar-refractivity contribution < 1.29 is 10.2 Å². The zero-order chi connectivity index (χ0) is 15.4. The zero-order valence-electron chi connectivity index (χ0n) is 13.5. The fourth-order valence-electron chi connectivity index (χ4n) is 3.74. The Labute approximate surface area is 128 Å². The molecular weight excluding hydrogens is 262 g/mol. The molecule has 0 aromatic heterocycles. The van der Waals surface area contributed by atoms with Gasteiger partial charge in [0.2, 0.25) is 0 Å². The van der Waals surface area contributed by atoms with E-state index in [1.807, 2.05) is 0 Å². The first-order chi connectivity index (χ1) is 10.0. The summed E-state index contributed by atoms with van der Waals surface area (Å²) in [6, 6.07) is 5.44. The van der Waals surface area contributed by atoms with Gasteiger partial charge < -0.3 is 15.5 Å². The first kappa shape index (κ1) is 16.2. The van der Waals surface area contributed by atoms with Gasteiger partial charge in [-0.3, -0.25) is 0 Å². The van der Waals surface area contributed by atoms with Gasteiger partial charge in [-0.15, -0.1) is 0 Å². The highest BCUT2D eigenvalue weighted by Gasteiger charge is 2.27. The Bertz CT molecular complexity index is 461. The molecule has 21 heavy (non-hydrogen) atoms. The minimum atomic E-state index is 0.0905. The molecule has 0 bridgehead atoms. The van der Waals surface area contributed by atoms with Crippen molar-refractivity contribution in [2.75, 3.05) is 0 Å². The van der Waals surface area contributed by atoms with E-state index in [1.54, 1.807) is 12.1 Å². The summed E-state index contributed by atoms with van der Waals surface area (Å²) in [5.41, 5.74) is 0.857. The number of phenolic OH excluding ortho intramolecular Hbond substituents is 2. The number of rotatable bonds is 5. The minimum Gasteiger partial charge on any atom is -0.508 e. The van der Waals surface area contributed by atoms with Gasteiger partial charge in [0.1, 0.15) is 11.5 Å². The Kier molecular flexibility index (Phi) is 5.51. The molecule has 1 aliphatic carbocycles. The molecule has 1 aromatic carbocycles. The van der Waals surface area contributed by atoms with Gasteiger partial charge in [-0.1, -0.05) is 32.8 Å². The topological polar surface area (TPSA) is 52.5 Å². The van der Waals surface area contributed by atoms with Gasteiger partial charge in [0.05, 0.1) is 0 Å². The van der Waals surface area contributed by atoms with Crippen molar-refractivity contribution >= 4 is 0 Å². The number of phenols is 2. The second kappa shape index (κ2) is 7.17. The van der Waals surface area contributed by atoms with Crippen LogP contribution in [0.5, 0.6) is 11.5 Å². The first-order valence-corrected chi connectivity index (χ1v) is 8.29. The lowest BCUT2D eigenvalue weighted by molar-refractivity contribution is 0.208. The first-order valence-electron chi connectivity index (χ1n) is 8.29. The van der Waals surface area contributed by atoms with Crippen molar-refractivity contribution in [2.24, 2.45) is 11.8 Å². The van der Waals surface area contributed by atoms with Crippen LogP contribution in [0, 0.1) is 11.8 Å². The van der Waals surface area contributed by atoms with Crippen LogP contribution < -0.4 is 5.32 Å². The second-order valence-electron chi connectivity index (χ2n) is 6.68. The Hall–Kier alpha value is -1.22. The van der Waals surface area contributed by atoms with Crippen LogP contribution in [0.25, 0.3) is 0 Å². The van der Waals surface area contributed by atoms with Gasteiger partial charge in [-0.05, 0) is 44.1 Å². The summed E-state index contributed by atoms with van der Waals surface area (Å²) in [5.74, 6) is 1.84. The van der Waals surface area contributed by atoms with Crippen molar-refractivity contribution in [3.8, 4) is 11.5 Å². The summed E-state index contributed by atoms with van der Waals surface area (Å²) < 4.78 is 0. The van der Waals surface area contributed by atoms with Gasteiger partial charge in [-0.2, -0.15) is 0 Å². The lowest BCUT2D eigenvalue weighted by atomic mass is 9.77. The van der Waals surface area contributed by atoms with Crippen LogP contribution in [-0.4, -0.2) is 16.3 Å². The lowest BCUT2D eigenvalue weighted by Gasteiger charge is -2.35. The molecule has 3 N–H and O–H groups in total. The van der Waals surface area contributed by atoms with E-state index >= 15 is 0 Å². The van der Waals surface area contributed by atoms with Gasteiger partial charge in [0.25, 0.3) is 0 Å². The van der Waals surface area contributed by atoms with Crippen LogP contribution >= 0.6 is 0 Å². The van der Waals surface area contributed by atoms with Crippen molar-refractivity contribution in [3.63, 3.8) is 0 Å². The quantitative estimate of drug-likeness (QED) is 0.756. The van der Waals surface area contributed by atoms with E-state index in [0.717, 1.165) is 23.8 Å². The van der Waals surface area contributed by atoms with Crippen LogP contribution in [0.3, 0.4) is 0 Å². The Balaban J connectivity index is 2.03. The highest BCUT2D eigenvalue weighted by atomic mass is 16.3. The molecule has 0 radical (unpaired) electrons. The number of nitrogens with one attached hydrogen (secondary N) is 1. The van der Waals surface area contributed by atoms with E-state index in [9.17, 15) is 10.2 Å². The third-order valence-electron chi connectivity index (χ3n) is 4.93. The molecule has 0 heterocycles. The standard InChI is InChI=1S/C18H29NO2/c1-4-17(14-7-5-6-12(2)10-14)19-13(3)16-9-8-15(20)11-18(16)21/h8-9,11-14,17,19-21H,4-7,10H2,1-3H3. The second-order valence-corrected chi connectivity index (χ2v) is 6.68. The van der Waals surface area contributed by atoms with E-state index in [0.29, 0.717) is 6.04 Å². The van der Waals surface area contributed by atoms with E-state index in [-0.39, 0.29) is 17.5 Å². The molecule has 3 nitrogen and oxygen atoms in total. The molecule has 1 fully saturated rings. The van der Waals surface area contributed by atoms with Gasteiger partial charge in [0, 0.05) is 23.7 Å². The van der Waals surface area contributed by atoms with Crippen molar-refractivity contribution in [2.45, 2.75) is 65.0 Å². The van der Waals surface area contributed by atoms with Crippen molar-refractivity contribution in [1.29, 1.82) is 0 Å².